The number of hydrogen-bond donors (Lipinski definition) is 2. The molecule has 0 aromatic heterocycles. The minimum atomic E-state index is 0.320. The fourth-order valence-electron chi connectivity index (χ4n) is 1.98. The van der Waals surface area contributed by atoms with Crippen molar-refractivity contribution in [1.82, 2.24) is 10.2 Å². The first kappa shape index (κ1) is 13.1. The Morgan fingerprint density at radius 2 is 2.00 bits per heavy atom. The Hall–Kier alpha value is -1.29. The summed E-state index contributed by atoms with van der Waals surface area (Å²) in [5.41, 5.74) is 7.12. The van der Waals surface area contributed by atoms with E-state index in [4.69, 9.17) is 5.73 Å². The first-order chi connectivity index (χ1) is 8.56. The third kappa shape index (κ3) is 3.13. The lowest BCUT2D eigenvalue weighted by Crippen LogP contribution is -2.38. The van der Waals surface area contributed by atoms with Crippen LogP contribution in [0.15, 0.2) is 41.2 Å². The van der Waals surface area contributed by atoms with Crippen LogP contribution in [-0.2, 0) is 0 Å². The molecule has 0 bridgehead atoms. The molecule has 0 saturated heterocycles. The van der Waals surface area contributed by atoms with Crippen LogP contribution in [0.2, 0.25) is 0 Å². The fourth-order valence-corrected chi connectivity index (χ4v) is 2.82. The molecule has 1 atom stereocenters. The quantitative estimate of drug-likeness (QED) is 0.822. The first-order valence-electron chi connectivity index (χ1n) is 6.25. The lowest BCUT2D eigenvalue weighted by Gasteiger charge is -2.31. The Bertz CT molecular complexity index is 425. The van der Waals surface area contributed by atoms with Crippen LogP contribution in [0.3, 0.4) is 0 Å². The lowest BCUT2D eigenvalue weighted by atomic mass is 10.1. The van der Waals surface area contributed by atoms with Gasteiger partial charge in [-0.05, 0) is 17.7 Å². The van der Waals surface area contributed by atoms with Gasteiger partial charge in [0.25, 0.3) is 0 Å². The smallest absolute Gasteiger partial charge is 0.115 e. The van der Waals surface area contributed by atoms with Crippen molar-refractivity contribution in [3.8, 4) is 0 Å². The van der Waals surface area contributed by atoms with Crippen LogP contribution in [0.1, 0.15) is 25.5 Å². The molecule has 0 amide bonds. The third-order valence-corrected chi connectivity index (χ3v) is 4.00. The molecule has 0 radical (unpaired) electrons. The Kier molecular flexibility index (Phi) is 4.07. The molecule has 1 aliphatic rings. The molecule has 0 spiro atoms. The maximum atomic E-state index is 5.82. The number of likely N-dealkylation sites (N-methyl/N-ethyl adjacent to an activating group) is 1. The summed E-state index contributed by atoms with van der Waals surface area (Å²) < 4.78 is 0. The number of nitrogens with one attached hydrogen (secondary N) is 1. The van der Waals surface area contributed by atoms with E-state index < -0.39 is 0 Å². The molecule has 4 heteroatoms. The molecule has 3 nitrogen and oxygen atoms in total. The van der Waals surface area contributed by atoms with E-state index in [9.17, 15) is 0 Å². The van der Waals surface area contributed by atoms with Crippen LogP contribution < -0.4 is 11.1 Å². The van der Waals surface area contributed by atoms with E-state index in [-0.39, 0.29) is 0 Å². The molecule has 2 rings (SSSR count). The van der Waals surface area contributed by atoms with Crippen molar-refractivity contribution in [3.63, 3.8) is 0 Å². The Labute approximate surface area is 113 Å². The zero-order chi connectivity index (χ0) is 13.1. The first-order valence-corrected chi connectivity index (χ1v) is 7.13. The summed E-state index contributed by atoms with van der Waals surface area (Å²) in [7, 11) is 2.02. The van der Waals surface area contributed by atoms with Crippen LogP contribution in [0.4, 0.5) is 0 Å². The summed E-state index contributed by atoms with van der Waals surface area (Å²) >= 11 is 1.89. The van der Waals surface area contributed by atoms with Gasteiger partial charge in [0.15, 0.2) is 0 Å². The molecule has 18 heavy (non-hydrogen) atoms. The van der Waals surface area contributed by atoms with Gasteiger partial charge in [0.05, 0.1) is 6.04 Å². The molecule has 0 aliphatic carbocycles. The van der Waals surface area contributed by atoms with Gasteiger partial charge in [0.1, 0.15) is 5.82 Å². The molecule has 3 N–H and O–H groups in total. The van der Waals surface area contributed by atoms with Crippen LogP contribution >= 0.6 is 11.8 Å². The van der Waals surface area contributed by atoms with Crippen LogP contribution in [-0.4, -0.2) is 23.7 Å². The molecule has 0 saturated carbocycles. The second-order valence-electron chi connectivity index (χ2n) is 4.90. The zero-order valence-electron chi connectivity index (χ0n) is 11.2. The summed E-state index contributed by atoms with van der Waals surface area (Å²) in [6, 6.07) is 9.12. The van der Waals surface area contributed by atoms with Gasteiger partial charge in [0, 0.05) is 29.9 Å². The molecular weight excluding hydrogens is 242 g/mol. The number of nitrogens with two attached hydrogens (primary N) is 1. The largest absolute Gasteiger partial charge is 0.384 e. The summed E-state index contributed by atoms with van der Waals surface area (Å²) in [6.07, 6.45) is 1.88. The topological polar surface area (TPSA) is 41.3 Å². The van der Waals surface area contributed by atoms with Crippen molar-refractivity contribution in [2.45, 2.75) is 30.0 Å². The van der Waals surface area contributed by atoms with E-state index in [1.807, 2.05) is 25.0 Å². The Morgan fingerprint density at radius 1 is 1.33 bits per heavy atom. The van der Waals surface area contributed by atoms with Gasteiger partial charge in [-0.1, -0.05) is 26.0 Å². The monoisotopic (exact) mass is 263 g/mol. The maximum Gasteiger partial charge on any atom is 0.115 e. The minimum Gasteiger partial charge on any atom is -0.384 e. The highest BCUT2D eigenvalue weighted by Gasteiger charge is 2.17. The molecule has 98 valence electrons. The van der Waals surface area contributed by atoms with Gasteiger partial charge in [-0.15, -0.1) is 11.8 Å². The van der Waals surface area contributed by atoms with Crippen LogP contribution in [0.5, 0.6) is 0 Å². The molecule has 1 unspecified atom stereocenters. The number of hydrogen-bond acceptors (Lipinski definition) is 4. The molecule has 1 aromatic rings. The second-order valence-corrected chi connectivity index (χ2v) is 6.55. The highest BCUT2D eigenvalue weighted by molar-refractivity contribution is 7.99. The van der Waals surface area contributed by atoms with E-state index in [0.29, 0.717) is 11.3 Å². The summed E-state index contributed by atoms with van der Waals surface area (Å²) in [4.78, 5) is 3.39. The lowest BCUT2D eigenvalue weighted by molar-refractivity contribution is 0.333. The van der Waals surface area contributed by atoms with E-state index in [2.05, 4.69) is 48.3 Å². The number of thioether (sulfide) groups is 1. The standard InChI is InChI=1S/C14H21N3S/c1-10(2)18-12-6-4-11(5-7-12)13-9-17(3)14(15)8-16-13/h4-8,10,13,16H,9,15H2,1-3H3. The van der Waals surface area contributed by atoms with Gasteiger partial charge in [-0.25, -0.2) is 0 Å². The zero-order valence-corrected chi connectivity index (χ0v) is 12.0. The normalized spacial score (nSPS) is 19.7. The average molecular weight is 263 g/mol. The maximum absolute atomic E-state index is 5.82. The van der Waals surface area contributed by atoms with Gasteiger partial charge in [0.2, 0.25) is 0 Å². The number of benzene rings is 1. The van der Waals surface area contributed by atoms with Gasteiger partial charge in [-0.3, -0.25) is 0 Å². The van der Waals surface area contributed by atoms with Crippen molar-refractivity contribution in [2.75, 3.05) is 13.6 Å². The Balaban J connectivity index is 2.06. The predicted molar refractivity (Wildman–Crippen MR) is 78.2 cm³/mol. The van der Waals surface area contributed by atoms with Crippen LogP contribution in [0.25, 0.3) is 0 Å². The van der Waals surface area contributed by atoms with Crippen molar-refractivity contribution in [1.29, 1.82) is 0 Å². The fraction of sp³-hybridized carbons (Fsp3) is 0.429. The van der Waals surface area contributed by atoms with Crippen molar-refractivity contribution >= 4 is 11.8 Å². The van der Waals surface area contributed by atoms with E-state index >= 15 is 0 Å². The highest BCUT2D eigenvalue weighted by Crippen LogP contribution is 2.25. The van der Waals surface area contributed by atoms with Crippen LogP contribution in [0, 0.1) is 0 Å². The van der Waals surface area contributed by atoms with Gasteiger partial charge in [-0.2, -0.15) is 0 Å². The molecule has 1 heterocycles. The predicted octanol–water partition coefficient (Wildman–Crippen LogP) is 2.52. The van der Waals surface area contributed by atoms with Crippen molar-refractivity contribution in [2.24, 2.45) is 5.73 Å². The van der Waals surface area contributed by atoms with E-state index in [0.717, 1.165) is 12.4 Å². The average Bonchev–Trinajstić information content (AvgIpc) is 2.33. The molecule has 1 aromatic carbocycles. The number of rotatable bonds is 3. The second kappa shape index (κ2) is 5.57. The van der Waals surface area contributed by atoms with Gasteiger partial charge >= 0.3 is 0 Å². The number of nitrogens with zero attached hydrogens (tertiary/aromatic N) is 1. The van der Waals surface area contributed by atoms with Gasteiger partial charge < -0.3 is 16.0 Å². The van der Waals surface area contributed by atoms with Crippen molar-refractivity contribution < 1.29 is 0 Å². The third-order valence-electron chi connectivity index (χ3n) is 2.98. The summed E-state index contributed by atoms with van der Waals surface area (Å²) in [5.74, 6) is 0.790. The van der Waals surface area contributed by atoms with Crippen molar-refractivity contribution in [3.05, 3.63) is 41.8 Å². The van der Waals surface area contributed by atoms with E-state index in [1.54, 1.807) is 0 Å². The SMILES string of the molecule is CC(C)Sc1ccc(C2CN(C)C(N)=CN2)cc1. The molecule has 1 aliphatic heterocycles. The summed E-state index contributed by atoms with van der Waals surface area (Å²) in [6.45, 7) is 5.33. The summed E-state index contributed by atoms with van der Waals surface area (Å²) in [5, 5.41) is 3.96. The highest BCUT2D eigenvalue weighted by atomic mass is 32.2. The Morgan fingerprint density at radius 3 is 2.56 bits per heavy atom. The minimum absolute atomic E-state index is 0.320. The molecular formula is C14H21N3S. The molecule has 0 fully saturated rings. The van der Waals surface area contributed by atoms with E-state index in [1.165, 1.54) is 10.5 Å².